The molecule has 0 aliphatic heterocycles. The molecule has 100 valence electrons. The third kappa shape index (κ3) is 4.88. The van der Waals surface area contributed by atoms with E-state index in [9.17, 15) is 4.79 Å². The van der Waals surface area contributed by atoms with Gasteiger partial charge < -0.3 is 11.1 Å². The van der Waals surface area contributed by atoms with E-state index in [0.717, 1.165) is 17.5 Å². The predicted octanol–water partition coefficient (Wildman–Crippen LogP) is 2.09. The van der Waals surface area contributed by atoms with E-state index in [1.807, 2.05) is 27.7 Å². The summed E-state index contributed by atoms with van der Waals surface area (Å²) in [5.74, 6) is 0.0665. The van der Waals surface area contributed by atoms with E-state index in [2.05, 4.69) is 23.5 Å². The highest BCUT2D eigenvalue weighted by Gasteiger charge is 2.11. The monoisotopic (exact) mass is 248 g/mol. The van der Waals surface area contributed by atoms with Gasteiger partial charge in [0, 0.05) is 12.1 Å². The Labute approximate surface area is 110 Å². The lowest BCUT2D eigenvalue weighted by Crippen LogP contribution is -2.37. The van der Waals surface area contributed by atoms with Crippen LogP contribution in [-0.2, 0) is 11.2 Å². The number of amides is 1. The summed E-state index contributed by atoms with van der Waals surface area (Å²) < 4.78 is 0. The molecule has 0 aliphatic carbocycles. The first-order valence-electron chi connectivity index (χ1n) is 6.49. The van der Waals surface area contributed by atoms with Crippen LogP contribution in [0, 0.1) is 13.8 Å². The summed E-state index contributed by atoms with van der Waals surface area (Å²) in [5, 5.41) is 2.99. The zero-order valence-electron chi connectivity index (χ0n) is 11.8. The van der Waals surface area contributed by atoms with Gasteiger partial charge in [0.15, 0.2) is 0 Å². The fourth-order valence-corrected chi connectivity index (χ4v) is 2.11. The Kier molecular flexibility index (Phi) is 5.35. The number of hydrogen-bond donors (Lipinski definition) is 2. The molecule has 0 fully saturated rings. The molecule has 1 aromatic carbocycles. The van der Waals surface area contributed by atoms with Gasteiger partial charge >= 0.3 is 0 Å². The Morgan fingerprint density at radius 2 is 2.00 bits per heavy atom. The van der Waals surface area contributed by atoms with Gasteiger partial charge in [-0.3, -0.25) is 4.79 Å². The minimum Gasteiger partial charge on any atom is -0.353 e. The van der Waals surface area contributed by atoms with Gasteiger partial charge in [-0.05, 0) is 45.2 Å². The van der Waals surface area contributed by atoms with E-state index >= 15 is 0 Å². The lowest BCUT2D eigenvalue weighted by Gasteiger charge is -2.16. The van der Waals surface area contributed by atoms with E-state index in [4.69, 9.17) is 5.73 Å². The number of nitrogens with one attached hydrogen (secondary N) is 1. The summed E-state index contributed by atoms with van der Waals surface area (Å²) in [4.78, 5) is 11.9. The van der Waals surface area contributed by atoms with Crippen LogP contribution in [0.3, 0.4) is 0 Å². The minimum atomic E-state index is 0.0665. The smallest absolute Gasteiger partial charge is 0.224 e. The maximum Gasteiger partial charge on any atom is 0.224 e. The second-order valence-electron chi connectivity index (χ2n) is 5.29. The molecule has 0 spiro atoms. The van der Waals surface area contributed by atoms with Crippen molar-refractivity contribution in [2.45, 2.75) is 52.6 Å². The van der Waals surface area contributed by atoms with E-state index in [1.54, 1.807) is 0 Å². The quantitative estimate of drug-likeness (QED) is 0.838. The number of benzene rings is 1. The molecule has 3 heteroatoms. The molecule has 18 heavy (non-hydrogen) atoms. The summed E-state index contributed by atoms with van der Waals surface area (Å²) in [7, 11) is 0. The van der Waals surface area contributed by atoms with Crippen LogP contribution in [0.25, 0.3) is 0 Å². The fraction of sp³-hybridized carbons (Fsp3) is 0.533. The van der Waals surface area contributed by atoms with Crippen molar-refractivity contribution in [1.29, 1.82) is 0 Å². The summed E-state index contributed by atoms with van der Waals surface area (Å²) in [6.45, 7) is 8.02. The minimum absolute atomic E-state index is 0.0665. The Balaban J connectivity index is 2.56. The molecule has 3 N–H and O–H groups in total. The van der Waals surface area contributed by atoms with Gasteiger partial charge in [0.2, 0.25) is 5.91 Å². The average molecular weight is 248 g/mol. The molecular formula is C15H24N2O. The number of hydrogen-bond acceptors (Lipinski definition) is 2. The Morgan fingerprint density at radius 3 is 2.61 bits per heavy atom. The maximum absolute atomic E-state index is 11.9. The molecule has 0 aromatic heterocycles. The maximum atomic E-state index is 11.9. The molecule has 0 saturated heterocycles. The van der Waals surface area contributed by atoms with Gasteiger partial charge in [-0.15, -0.1) is 0 Å². The van der Waals surface area contributed by atoms with Crippen LogP contribution >= 0.6 is 0 Å². The molecule has 2 atom stereocenters. The summed E-state index contributed by atoms with van der Waals surface area (Å²) >= 11 is 0. The number of rotatable bonds is 5. The molecule has 1 amide bonds. The Hall–Kier alpha value is -1.35. The van der Waals surface area contributed by atoms with Crippen molar-refractivity contribution in [2.75, 3.05) is 0 Å². The topological polar surface area (TPSA) is 55.1 Å². The lowest BCUT2D eigenvalue weighted by atomic mass is 10.0. The predicted molar refractivity (Wildman–Crippen MR) is 75.5 cm³/mol. The first kappa shape index (κ1) is 14.7. The molecule has 2 unspecified atom stereocenters. The van der Waals surface area contributed by atoms with Crippen molar-refractivity contribution in [3.63, 3.8) is 0 Å². The molecular weight excluding hydrogens is 224 g/mol. The standard InChI is InChI=1S/C15H24N2O/c1-10-5-6-11(2)14(7-10)9-15(18)17-13(4)8-12(3)16/h5-7,12-13H,8-9,16H2,1-4H3,(H,17,18). The van der Waals surface area contributed by atoms with Crippen LogP contribution in [0.4, 0.5) is 0 Å². The van der Waals surface area contributed by atoms with Gasteiger partial charge in [0.25, 0.3) is 0 Å². The zero-order chi connectivity index (χ0) is 13.7. The van der Waals surface area contributed by atoms with Gasteiger partial charge in [-0.2, -0.15) is 0 Å². The molecule has 1 aromatic rings. The van der Waals surface area contributed by atoms with Crippen LogP contribution in [0.5, 0.6) is 0 Å². The van der Waals surface area contributed by atoms with Crippen molar-refractivity contribution in [1.82, 2.24) is 5.32 Å². The first-order chi connectivity index (χ1) is 8.38. The Morgan fingerprint density at radius 1 is 1.33 bits per heavy atom. The zero-order valence-corrected chi connectivity index (χ0v) is 11.8. The second-order valence-corrected chi connectivity index (χ2v) is 5.29. The van der Waals surface area contributed by atoms with E-state index < -0.39 is 0 Å². The van der Waals surface area contributed by atoms with Gasteiger partial charge in [-0.25, -0.2) is 0 Å². The number of carbonyl (C=O) groups excluding carboxylic acids is 1. The summed E-state index contributed by atoms with van der Waals surface area (Å²) in [6, 6.07) is 6.44. The van der Waals surface area contributed by atoms with Crippen LogP contribution < -0.4 is 11.1 Å². The third-order valence-corrected chi connectivity index (χ3v) is 2.99. The van der Waals surface area contributed by atoms with E-state index in [1.165, 1.54) is 5.56 Å². The molecule has 0 bridgehead atoms. The number of nitrogens with two attached hydrogens (primary N) is 1. The molecule has 0 saturated carbocycles. The fourth-order valence-electron chi connectivity index (χ4n) is 2.11. The molecule has 3 nitrogen and oxygen atoms in total. The molecule has 0 heterocycles. The second kappa shape index (κ2) is 6.55. The summed E-state index contributed by atoms with van der Waals surface area (Å²) in [6.07, 6.45) is 1.25. The van der Waals surface area contributed by atoms with Crippen molar-refractivity contribution in [2.24, 2.45) is 5.73 Å². The van der Waals surface area contributed by atoms with Gasteiger partial charge in [-0.1, -0.05) is 23.8 Å². The van der Waals surface area contributed by atoms with Crippen molar-refractivity contribution in [3.05, 3.63) is 34.9 Å². The molecule has 0 aliphatic rings. The first-order valence-corrected chi connectivity index (χ1v) is 6.49. The van der Waals surface area contributed by atoms with Gasteiger partial charge in [0.1, 0.15) is 0 Å². The number of carbonyl (C=O) groups is 1. The lowest BCUT2D eigenvalue weighted by molar-refractivity contribution is -0.121. The van der Waals surface area contributed by atoms with Crippen LogP contribution in [-0.4, -0.2) is 18.0 Å². The van der Waals surface area contributed by atoms with E-state index in [-0.39, 0.29) is 18.0 Å². The van der Waals surface area contributed by atoms with E-state index in [0.29, 0.717) is 6.42 Å². The third-order valence-electron chi connectivity index (χ3n) is 2.99. The Bertz CT molecular complexity index is 413. The van der Waals surface area contributed by atoms with Crippen molar-refractivity contribution in [3.8, 4) is 0 Å². The largest absolute Gasteiger partial charge is 0.353 e. The average Bonchev–Trinajstić information content (AvgIpc) is 2.21. The highest BCUT2D eigenvalue weighted by molar-refractivity contribution is 5.79. The number of aryl methyl sites for hydroxylation is 2. The van der Waals surface area contributed by atoms with Crippen molar-refractivity contribution < 1.29 is 4.79 Å². The van der Waals surface area contributed by atoms with Crippen LogP contribution in [0.1, 0.15) is 37.0 Å². The highest BCUT2D eigenvalue weighted by Crippen LogP contribution is 2.11. The SMILES string of the molecule is Cc1ccc(C)c(CC(=O)NC(C)CC(C)N)c1. The summed E-state index contributed by atoms with van der Waals surface area (Å²) in [5.41, 5.74) is 9.16. The molecule has 0 radical (unpaired) electrons. The van der Waals surface area contributed by atoms with Gasteiger partial charge in [0.05, 0.1) is 6.42 Å². The normalized spacial score (nSPS) is 14.1. The highest BCUT2D eigenvalue weighted by atomic mass is 16.1. The van der Waals surface area contributed by atoms with Crippen LogP contribution in [0.15, 0.2) is 18.2 Å². The van der Waals surface area contributed by atoms with Crippen molar-refractivity contribution >= 4 is 5.91 Å². The van der Waals surface area contributed by atoms with Crippen LogP contribution in [0.2, 0.25) is 0 Å². The molecule has 1 rings (SSSR count).